The molecule has 1 aliphatic rings. The van der Waals surface area contributed by atoms with Crippen molar-refractivity contribution in [1.29, 1.82) is 0 Å². The molecule has 0 spiro atoms. The Kier molecular flexibility index (Phi) is 6.97. The van der Waals surface area contributed by atoms with Crippen molar-refractivity contribution in [3.8, 4) is 11.5 Å². The molecule has 1 N–H and O–H groups in total. The molecule has 0 heterocycles. The first-order valence-corrected chi connectivity index (χ1v) is 10.4. The minimum atomic E-state index is -0.0515. The van der Waals surface area contributed by atoms with Gasteiger partial charge in [-0.15, -0.1) is 0 Å². The average Bonchev–Trinajstić information content (AvgIpc) is 2.76. The van der Waals surface area contributed by atoms with Gasteiger partial charge < -0.3 is 14.8 Å². The fraction of sp³-hybridized carbons (Fsp3) is 0.400. The number of rotatable bonds is 7. The summed E-state index contributed by atoms with van der Waals surface area (Å²) in [6, 6.07) is 12.4. The molecule has 0 saturated carbocycles. The molecule has 0 aromatic heterocycles. The monoisotopic (exact) mass is 393 g/mol. The Bertz CT molecular complexity index is 901. The van der Waals surface area contributed by atoms with Gasteiger partial charge in [0.15, 0.2) is 11.5 Å². The van der Waals surface area contributed by atoms with Gasteiger partial charge in [0.1, 0.15) is 0 Å². The van der Waals surface area contributed by atoms with Crippen molar-refractivity contribution in [2.45, 2.75) is 52.0 Å². The highest BCUT2D eigenvalue weighted by Gasteiger charge is 2.17. The smallest absolute Gasteiger partial charge is 0.247 e. The Morgan fingerprint density at radius 3 is 2.45 bits per heavy atom. The maximum Gasteiger partial charge on any atom is 0.247 e. The maximum absolute atomic E-state index is 12.8. The lowest BCUT2D eigenvalue weighted by Gasteiger charge is -2.22. The summed E-state index contributed by atoms with van der Waals surface area (Å²) in [6.07, 6.45) is 7.58. The molecule has 0 saturated heterocycles. The molecule has 1 amide bonds. The van der Waals surface area contributed by atoms with Crippen molar-refractivity contribution in [2.75, 3.05) is 14.2 Å². The Morgan fingerprint density at radius 1 is 1.03 bits per heavy atom. The van der Waals surface area contributed by atoms with Crippen LogP contribution in [0.4, 0.5) is 0 Å². The van der Waals surface area contributed by atoms with Gasteiger partial charge in [-0.3, -0.25) is 4.79 Å². The lowest BCUT2D eigenvalue weighted by atomic mass is 9.88. The van der Waals surface area contributed by atoms with Crippen LogP contribution in [-0.2, 0) is 17.6 Å². The SMILES string of the molecule is CCC(NC(=O)/C(C)=C/c1ccc(OC)c(OC)c1)c1ccc2c(c1)CCCC2. The third-order valence-electron chi connectivity index (χ3n) is 5.64. The molecular formula is C25H31NO3. The predicted octanol–water partition coefficient (Wildman–Crippen LogP) is 5.25. The molecule has 0 aliphatic heterocycles. The normalized spacial score (nSPS) is 14.7. The number of ether oxygens (including phenoxy) is 2. The third kappa shape index (κ3) is 5.00. The van der Waals surface area contributed by atoms with E-state index in [-0.39, 0.29) is 11.9 Å². The highest BCUT2D eigenvalue weighted by molar-refractivity contribution is 5.97. The lowest BCUT2D eigenvalue weighted by Crippen LogP contribution is -2.28. The van der Waals surface area contributed by atoms with Gasteiger partial charge in [0.25, 0.3) is 0 Å². The predicted molar refractivity (Wildman–Crippen MR) is 117 cm³/mol. The summed E-state index contributed by atoms with van der Waals surface area (Å²) >= 11 is 0. The van der Waals surface area contributed by atoms with Gasteiger partial charge >= 0.3 is 0 Å². The first-order valence-electron chi connectivity index (χ1n) is 10.4. The van der Waals surface area contributed by atoms with Crippen molar-refractivity contribution in [1.82, 2.24) is 5.32 Å². The van der Waals surface area contributed by atoms with Crippen molar-refractivity contribution in [3.63, 3.8) is 0 Å². The molecule has 1 unspecified atom stereocenters. The van der Waals surface area contributed by atoms with Crippen LogP contribution in [0.1, 0.15) is 61.4 Å². The zero-order chi connectivity index (χ0) is 20.8. The number of carbonyl (C=O) groups excluding carboxylic acids is 1. The number of amides is 1. The summed E-state index contributed by atoms with van der Waals surface area (Å²) in [7, 11) is 3.22. The molecule has 2 aromatic carbocycles. The van der Waals surface area contributed by atoms with E-state index in [1.165, 1.54) is 36.0 Å². The van der Waals surface area contributed by atoms with Crippen LogP contribution in [-0.4, -0.2) is 20.1 Å². The van der Waals surface area contributed by atoms with Gasteiger partial charge in [-0.1, -0.05) is 31.2 Å². The molecule has 1 aliphatic carbocycles. The van der Waals surface area contributed by atoms with E-state index in [0.29, 0.717) is 17.1 Å². The molecule has 0 fully saturated rings. The molecule has 0 bridgehead atoms. The molecule has 3 rings (SSSR count). The number of methoxy groups -OCH3 is 2. The van der Waals surface area contributed by atoms with Crippen LogP contribution < -0.4 is 14.8 Å². The van der Waals surface area contributed by atoms with E-state index in [2.05, 4.69) is 30.4 Å². The molecule has 4 nitrogen and oxygen atoms in total. The number of carbonyl (C=O) groups is 1. The summed E-state index contributed by atoms with van der Waals surface area (Å²) in [6.45, 7) is 3.95. The highest BCUT2D eigenvalue weighted by atomic mass is 16.5. The fourth-order valence-electron chi connectivity index (χ4n) is 3.92. The topological polar surface area (TPSA) is 47.6 Å². The van der Waals surface area contributed by atoms with Crippen LogP contribution in [0.25, 0.3) is 6.08 Å². The quantitative estimate of drug-likeness (QED) is 0.653. The molecule has 2 aromatic rings. The third-order valence-corrected chi connectivity index (χ3v) is 5.64. The van der Waals surface area contributed by atoms with E-state index in [0.717, 1.165) is 18.4 Å². The van der Waals surface area contributed by atoms with E-state index < -0.39 is 0 Å². The van der Waals surface area contributed by atoms with Crippen LogP contribution in [0.5, 0.6) is 11.5 Å². The van der Waals surface area contributed by atoms with Gasteiger partial charge in [0.05, 0.1) is 20.3 Å². The summed E-state index contributed by atoms with van der Waals surface area (Å²) in [5, 5.41) is 3.20. The summed E-state index contributed by atoms with van der Waals surface area (Å²) in [5.41, 5.74) is 5.66. The van der Waals surface area contributed by atoms with E-state index in [9.17, 15) is 4.79 Å². The first kappa shape index (κ1) is 21.0. The average molecular weight is 394 g/mol. The zero-order valence-corrected chi connectivity index (χ0v) is 17.9. The lowest BCUT2D eigenvalue weighted by molar-refractivity contribution is -0.118. The Morgan fingerprint density at radius 2 is 1.76 bits per heavy atom. The summed E-state index contributed by atoms with van der Waals surface area (Å²) in [4.78, 5) is 12.8. The first-order chi connectivity index (χ1) is 14.0. The van der Waals surface area contributed by atoms with Crippen LogP contribution in [0.3, 0.4) is 0 Å². The van der Waals surface area contributed by atoms with E-state index in [1.54, 1.807) is 14.2 Å². The largest absolute Gasteiger partial charge is 0.493 e. The van der Waals surface area contributed by atoms with Crippen LogP contribution in [0.2, 0.25) is 0 Å². The Labute approximate surface area is 173 Å². The second kappa shape index (κ2) is 9.64. The standard InChI is InChI=1S/C25H31NO3/c1-5-22(21-12-11-19-8-6-7-9-20(19)16-21)26-25(27)17(2)14-18-10-13-23(28-3)24(15-18)29-4/h10-16,22H,5-9H2,1-4H3,(H,26,27)/b17-14+. The van der Waals surface area contributed by atoms with Gasteiger partial charge in [-0.2, -0.15) is 0 Å². The fourth-order valence-corrected chi connectivity index (χ4v) is 3.92. The Balaban J connectivity index is 1.74. The molecule has 4 heteroatoms. The molecule has 29 heavy (non-hydrogen) atoms. The second-order valence-electron chi connectivity index (χ2n) is 7.61. The zero-order valence-electron chi connectivity index (χ0n) is 17.9. The van der Waals surface area contributed by atoms with E-state index in [1.807, 2.05) is 31.2 Å². The van der Waals surface area contributed by atoms with Crippen molar-refractivity contribution in [3.05, 3.63) is 64.2 Å². The van der Waals surface area contributed by atoms with Gasteiger partial charge in [-0.05, 0) is 79.5 Å². The van der Waals surface area contributed by atoms with Gasteiger partial charge in [-0.25, -0.2) is 0 Å². The summed E-state index contributed by atoms with van der Waals surface area (Å²) < 4.78 is 10.6. The minimum Gasteiger partial charge on any atom is -0.493 e. The number of hydrogen-bond donors (Lipinski definition) is 1. The second-order valence-corrected chi connectivity index (χ2v) is 7.61. The van der Waals surface area contributed by atoms with Crippen LogP contribution >= 0.6 is 0 Å². The van der Waals surface area contributed by atoms with Gasteiger partial charge in [0, 0.05) is 5.57 Å². The highest BCUT2D eigenvalue weighted by Crippen LogP contribution is 2.29. The molecule has 1 atom stereocenters. The van der Waals surface area contributed by atoms with Crippen molar-refractivity contribution < 1.29 is 14.3 Å². The number of hydrogen-bond acceptors (Lipinski definition) is 3. The van der Waals surface area contributed by atoms with E-state index >= 15 is 0 Å². The number of nitrogens with one attached hydrogen (secondary N) is 1. The number of benzene rings is 2. The van der Waals surface area contributed by atoms with Crippen molar-refractivity contribution >= 4 is 12.0 Å². The molecule has 0 radical (unpaired) electrons. The molecule has 154 valence electrons. The van der Waals surface area contributed by atoms with Gasteiger partial charge in [0.2, 0.25) is 5.91 Å². The van der Waals surface area contributed by atoms with E-state index in [4.69, 9.17) is 9.47 Å². The van der Waals surface area contributed by atoms with Crippen molar-refractivity contribution in [2.24, 2.45) is 0 Å². The number of fused-ring (bicyclic) bond motifs is 1. The minimum absolute atomic E-state index is 0.0171. The molecular weight excluding hydrogens is 362 g/mol. The Hall–Kier alpha value is -2.75. The maximum atomic E-state index is 12.8. The van der Waals surface area contributed by atoms with Crippen LogP contribution in [0, 0.1) is 0 Å². The number of aryl methyl sites for hydroxylation is 2. The summed E-state index contributed by atoms with van der Waals surface area (Å²) in [5.74, 6) is 1.27. The van der Waals surface area contributed by atoms with Crippen LogP contribution in [0.15, 0.2) is 42.0 Å².